The predicted molar refractivity (Wildman–Crippen MR) is 74.3 cm³/mol. The van der Waals surface area contributed by atoms with Crippen molar-refractivity contribution in [2.75, 3.05) is 6.54 Å². The van der Waals surface area contributed by atoms with Crippen LogP contribution in [-0.2, 0) is 0 Å². The lowest BCUT2D eigenvalue weighted by Crippen LogP contribution is -2.33. The van der Waals surface area contributed by atoms with Crippen molar-refractivity contribution in [1.82, 2.24) is 10.3 Å². The molecule has 0 saturated heterocycles. The summed E-state index contributed by atoms with van der Waals surface area (Å²) in [4.78, 5) is 16.1. The Morgan fingerprint density at radius 2 is 2.37 bits per heavy atom. The number of hydrogen-bond acceptors (Lipinski definition) is 3. The van der Waals surface area contributed by atoms with Gasteiger partial charge in [0.25, 0.3) is 5.91 Å². The number of carbonyl (C=O) groups is 1. The number of aliphatic hydroxyl groups excluding tert-OH is 1. The Labute approximate surface area is 118 Å². The Morgan fingerprint density at radius 3 is 3.05 bits per heavy atom. The summed E-state index contributed by atoms with van der Waals surface area (Å²) in [5.41, 5.74) is 1.19. The summed E-state index contributed by atoms with van der Waals surface area (Å²) in [5, 5.41) is 12.9. The van der Waals surface area contributed by atoms with E-state index >= 15 is 0 Å². The Kier molecular flexibility index (Phi) is 4.77. The van der Waals surface area contributed by atoms with Crippen LogP contribution in [0.4, 0.5) is 0 Å². The molecule has 1 saturated carbocycles. The molecule has 0 bridgehead atoms. The van der Waals surface area contributed by atoms with E-state index in [4.69, 9.17) is 11.6 Å². The van der Waals surface area contributed by atoms with Crippen molar-refractivity contribution in [2.24, 2.45) is 5.92 Å². The highest BCUT2D eigenvalue weighted by molar-refractivity contribution is 6.33. The maximum atomic E-state index is 12.0. The lowest BCUT2D eigenvalue weighted by Gasteiger charge is -2.25. The molecule has 4 nitrogen and oxygen atoms in total. The number of pyridine rings is 1. The van der Waals surface area contributed by atoms with Crippen molar-refractivity contribution in [3.05, 3.63) is 28.5 Å². The number of rotatable bonds is 3. The third-order valence-electron chi connectivity index (χ3n) is 3.54. The van der Waals surface area contributed by atoms with Gasteiger partial charge in [-0.05, 0) is 38.2 Å². The highest BCUT2D eigenvalue weighted by Crippen LogP contribution is 2.23. The van der Waals surface area contributed by atoms with Gasteiger partial charge in [-0.3, -0.25) is 9.78 Å². The molecule has 19 heavy (non-hydrogen) atoms. The third kappa shape index (κ3) is 3.91. The molecule has 1 amide bonds. The van der Waals surface area contributed by atoms with E-state index in [0.717, 1.165) is 31.4 Å². The van der Waals surface area contributed by atoms with E-state index < -0.39 is 0 Å². The fraction of sp³-hybridized carbons (Fsp3) is 0.571. The van der Waals surface area contributed by atoms with Gasteiger partial charge in [0.1, 0.15) is 0 Å². The van der Waals surface area contributed by atoms with E-state index in [1.807, 2.05) is 6.92 Å². The monoisotopic (exact) mass is 282 g/mol. The molecule has 1 aliphatic rings. The molecule has 2 N–H and O–H groups in total. The molecule has 0 aromatic carbocycles. The van der Waals surface area contributed by atoms with Gasteiger partial charge < -0.3 is 10.4 Å². The maximum absolute atomic E-state index is 12.0. The van der Waals surface area contributed by atoms with Crippen LogP contribution in [0.25, 0.3) is 0 Å². The van der Waals surface area contributed by atoms with Gasteiger partial charge in [0, 0.05) is 18.4 Å². The SMILES string of the molecule is Cc1cc(Cl)c(C(=O)NCC2CCCC(O)C2)cn1. The van der Waals surface area contributed by atoms with Gasteiger partial charge >= 0.3 is 0 Å². The van der Waals surface area contributed by atoms with Crippen LogP contribution in [0.3, 0.4) is 0 Å². The van der Waals surface area contributed by atoms with Crippen molar-refractivity contribution >= 4 is 17.5 Å². The van der Waals surface area contributed by atoms with Crippen molar-refractivity contribution in [1.29, 1.82) is 0 Å². The average Bonchev–Trinajstić information content (AvgIpc) is 2.36. The van der Waals surface area contributed by atoms with Crippen LogP contribution in [0.2, 0.25) is 5.02 Å². The second-order valence-corrected chi connectivity index (χ2v) is 5.61. The standard InChI is InChI=1S/C14H19ClN2O2/c1-9-5-13(15)12(8-16-9)14(19)17-7-10-3-2-4-11(18)6-10/h5,8,10-11,18H,2-4,6-7H2,1H3,(H,17,19). The van der Waals surface area contributed by atoms with Crippen molar-refractivity contribution < 1.29 is 9.90 Å². The molecule has 2 rings (SSSR count). The van der Waals surface area contributed by atoms with E-state index in [9.17, 15) is 9.90 Å². The second kappa shape index (κ2) is 6.35. The number of aryl methyl sites for hydroxylation is 1. The van der Waals surface area contributed by atoms with E-state index in [0.29, 0.717) is 23.0 Å². The van der Waals surface area contributed by atoms with E-state index in [1.54, 1.807) is 6.07 Å². The Hall–Kier alpha value is -1.13. The lowest BCUT2D eigenvalue weighted by molar-refractivity contribution is 0.0873. The zero-order valence-electron chi connectivity index (χ0n) is 11.0. The molecule has 1 aromatic rings. The summed E-state index contributed by atoms with van der Waals surface area (Å²) >= 11 is 6.03. The lowest BCUT2D eigenvalue weighted by atomic mass is 9.87. The third-order valence-corrected chi connectivity index (χ3v) is 3.85. The molecule has 2 atom stereocenters. The molecule has 104 valence electrons. The number of aliphatic hydroxyl groups is 1. The van der Waals surface area contributed by atoms with Crippen LogP contribution in [-0.4, -0.2) is 28.6 Å². The van der Waals surface area contributed by atoms with Gasteiger partial charge in [0.2, 0.25) is 0 Å². The predicted octanol–water partition coefficient (Wildman–Crippen LogP) is 2.32. The van der Waals surface area contributed by atoms with Crippen molar-refractivity contribution in [3.63, 3.8) is 0 Å². The smallest absolute Gasteiger partial charge is 0.254 e. The largest absolute Gasteiger partial charge is 0.393 e. The normalized spacial score (nSPS) is 23.1. The van der Waals surface area contributed by atoms with Gasteiger partial charge in [-0.2, -0.15) is 0 Å². The van der Waals surface area contributed by atoms with Gasteiger partial charge in [-0.1, -0.05) is 18.0 Å². The molecule has 2 unspecified atom stereocenters. The average molecular weight is 283 g/mol. The van der Waals surface area contributed by atoms with Crippen molar-refractivity contribution in [2.45, 2.75) is 38.7 Å². The van der Waals surface area contributed by atoms with Crippen LogP contribution in [0, 0.1) is 12.8 Å². The number of aromatic nitrogens is 1. The van der Waals surface area contributed by atoms with E-state index in [2.05, 4.69) is 10.3 Å². The molecule has 0 radical (unpaired) electrons. The van der Waals surface area contributed by atoms with E-state index in [1.165, 1.54) is 6.20 Å². The van der Waals surface area contributed by atoms with Crippen LogP contribution in [0.5, 0.6) is 0 Å². The summed E-state index contributed by atoms with van der Waals surface area (Å²) in [5.74, 6) is 0.155. The second-order valence-electron chi connectivity index (χ2n) is 5.20. The molecule has 1 aromatic heterocycles. The number of nitrogens with one attached hydrogen (secondary N) is 1. The Balaban J connectivity index is 1.90. The molecule has 0 aliphatic heterocycles. The van der Waals surface area contributed by atoms with Gasteiger partial charge in [0.05, 0.1) is 16.7 Å². The summed E-state index contributed by atoms with van der Waals surface area (Å²) in [6.45, 7) is 2.41. The molecular formula is C14H19ClN2O2. The maximum Gasteiger partial charge on any atom is 0.254 e. The molecule has 1 aliphatic carbocycles. The van der Waals surface area contributed by atoms with E-state index in [-0.39, 0.29) is 12.0 Å². The molecule has 1 fully saturated rings. The summed E-state index contributed by atoms with van der Waals surface area (Å²) < 4.78 is 0. The van der Waals surface area contributed by atoms with Crippen molar-refractivity contribution in [3.8, 4) is 0 Å². The summed E-state index contributed by atoms with van der Waals surface area (Å²) in [6, 6.07) is 1.68. The highest BCUT2D eigenvalue weighted by Gasteiger charge is 2.21. The van der Waals surface area contributed by atoms with Crippen LogP contribution >= 0.6 is 11.6 Å². The number of amides is 1. The van der Waals surface area contributed by atoms with Gasteiger partial charge in [-0.25, -0.2) is 0 Å². The fourth-order valence-electron chi connectivity index (χ4n) is 2.47. The topological polar surface area (TPSA) is 62.2 Å². The number of nitrogens with zero attached hydrogens (tertiary/aromatic N) is 1. The Morgan fingerprint density at radius 1 is 1.58 bits per heavy atom. The first-order chi connectivity index (χ1) is 9.06. The summed E-state index contributed by atoms with van der Waals surface area (Å²) in [6.07, 6.45) is 4.99. The van der Waals surface area contributed by atoms with Crippen LogP contribution < -0.4 is 5.32 Å². The zero-order valence-corrected chi connectivity index (χ0v) is 11.8. The molecule has 0 spiro atoms. The minimum Gasteiger partial charge on any atom is -0.393 e. The highest BCUT2D eigenvalue weighted by atomic mass is 35.5. The van der Waals surface area contributed by atoms with Crippen LogP contribution in [0.15, 0.2) is 12.3 Å². The van der Waals surface area contributed by atoms with Gasteiger partial charge in [-0.15, -0.1) is 0 Å². The minimum absolute atomic E-state index is 0.197. The molecule has 5 heteroatoms. The molecule has 1 heterocycles. The van der Waals surface area contributed by atoms with Crippen LogP contribution in [0.1, 0.15) is 41.7 Å². The summed E-state index contributed by atoms with van der Waals surface area (Å²) in [7, 11) is 0. The quantitative estimate of drug-likeness (QED) is 0.894. The number of carbonyl (C=O) groups excluding carboxylic acids is 1. The first-order valence-electron chi connectivity index (χ1n) is 6.64. The Bertz CT molecular complexity index is 465. The van der Waals surface area contributed by atoms with Gasteiger partial charge in [0.15, 0.2) is 0 Å². The minimum atomic E-state index is -0.222. The number of hydrogen-bond donors (Lipinski definition) is 2. The fourth-order valence-corrected chi connectivity index (χ4v) is 2.77. The first-order valence-corrected chi connectivity index (χ1v) is 7.02. The molecular weight excluding hydrogens is 264 g/mol. The number of halogens is 1. The first kappa shape index (κ1) is 14.3. The zero-order chi connectivity index (χ0) is 13.8.